The number of aromatic nitrogens is 1. The van der Waals surface area contributed by atoms with Gasteiger partial charge in [-0.05, 0) is 43.2 Å². The molecule has 1 aromatic heterocycles. The molecular weight excluding hydrogens is 386 g/mol. The number of ether oxygens (including phenoxy) is 2. The van der Waals surface area contributed by atoms with E-state index in [2.05, 4.69) is 40.1 Å². The summed E-state index contributed by atoms with van der Waals surface area (Å²) in [5.41, 5.74) is 3.32. The van der Waals surface area contributed by atoms with E-state index in [1.807, 2.05) is 24.3 Å². The number of para-hydroxylation sites is 2. The zero-order chi connectivity index (χ0) is 20.5. The Morgan fingerprint density at radius 2 is 1.97 bits per heavy atom. The number of carbonyl (C=O) groups excluding carboxylic acids is 1. The van der Waals surface area contributed by atoms with Crippen LogP contribution in [0.5, 0.6) is 11.5 Å². The second-order valence-corrected chi connectivity index (χ2v) is 8.67. The third kappa shape index (κ3) is 3.93. The van der Waals surface area contributed by atoms with Crippen molar-refractivity contribution in [3.63, 3.8) is 0 Å². The fourth-order valence-electron chi connectivity index (χ4n) is 3.28. The van der Waals surface area contributed by atoms with E-state index in [9.17, 15) is 4.79 Å². The molecule has 2 aromatic carbocycles. The van der Waals surface area contributed by atoms with Crippen molar-refractivity contribution in [1.82, 2.24) is 4.98 Å². The maximum absolute atomic E-state index is 13.4. The molecule has 1 aliphatic rings. The van der Waals surface area contributed by atoms with Gasteiger partial charge in [0.05, 0.1) is 37.4 Å². The minimum atomic E-state index is -0.683. The number of quaternary nitrogens is 1. The predicted octanol–water partition coefficient (Wildman–Crippen LogP) is 2.23. The van der Waals surface area contributed by atoms with Gasteiger partial charge in [0.1, 0.15) is 6.61 Å². The fourth-order valence-corrected chi connectivity index (χ4v) is 4.34. The van der Waals surface area contributed by atoms with Gasteiger partial charge in [0.15, 0.2) is 16.6 Å². The van der Waals surface area contributed by atoms with Gasteiger partial charge in [-0.25, -0.2) is 4.98 Å². The lowest BCUT2D eigenvalue weighted by Crippen LogP contribution is -3.06. The van der Waals surface area contributed by atoms with Crippen LogP contribution in [-0.4, -0.2) is 50.8 Å². The minimum absolute atomic E-state index is 0.116. The summed E-state index contributed by atoms with van der Waals surface area (Å²) in [6.07, 6.45) is -0.683. The van der Waals surface area contributed by atoms with Gasteiger partial charge in [0, 0.05) is 0 Å². The predicted molar refractivity (Wildman–Crippen MR) is 115 cm³/mol. The van der Waals surface area contributed by atoms with Crippen LogP contribution in [0.3, 0.4) is 0 Å². The van der Waals surface area contributed by atoms with Crippen molar-refractivity contribution in [2.75, 3.05) is 38.7 Å². The topological polar surface area (TPSA) is 56.1 Å². The Kier molecular flexibility index (Phi) is 5.43. The highest BCUT2D eigenvalue weighted by atomic mass is 32.1. The van der Waals surface area contributed by atoms with Crippen LogP contribution in [0.1, 0.15) is 11.1 Å². The third-order valence-electron chi connectivity index (χ3n) is 5.19. The van der Waals surface area contributed by atoms with Gasteiger partial charge >= 0.3 is 0 Å². The first-order chi connectivity index (χ1) is 13.9. The molecule has 1 amide bonds. The van der Waals surface area contributed by atoms with Crippen molar-refractivity contribution in [2.24, 2.45) is 0 Å². The zero-order valence-corrected chi connectivity index (χ0v) is 18.0. The molecule has 0 saturated carbocycles. The lowest BCUT2D eigenvalue weighted by molar-refractivity contribution is -0.856. The Balaban J connectivity index is 1.65. The molecule has 0 unspecified atom stereocenters. The highest BCUT2D eigenvalue weighted by Gasteiger charge is 2.33. The Hall–Kier alpha value is -2.64. The molecule has 0 radical (unpaired) electrons. The number of benzene rings is 2. The molecule has 4 rings (SSSR count). The number of aryl methyl sites for hydroxylation is 2. The van der Waals surface area contributed by atoms with Crippen LogP contribution in [0.25, 0.3) is 10.2 Å². The van der Waals surface area contributed by atoms with Gasteiger partial charge in [0.25, 0.3) is 5.91 Å². The van der Waals surface area contributed by atoms with Gasteiger partial charge in [0.2, 0.25) is 6.10 Å². The number of rotatable bonds is 5. The largest absolute Gasteiger partial charge is 0.485 e. The van der Waals surface area contributed by atoms with E-state index in [4.69, 9.17) is 14.5 Å². The minimum Gasteiger partial charge on any atom is -0.485 e. The first-order valence-corrected chi connectivity index (χ1v) is 10.6. The van der Waals surface area contributed by atoms with Gasteiger partial charge < -0.3 is 14.4 Å². The van der Waals surface area contributed by atoms with Crippen molar-refractivity contribution in [3.05, 3.63) is 47.5 Å². The molecule has 29 heavy (non-hydrogen) atoms. The molecule has 1 aliphatic heterocycles. The summed E-state index contributed by atoms with van der Waals surface area (Å²) < 4.78 is 12.8. The SMILES string of the molecule is Cc1ccc2sc(N(CC[NH+](C)C)C(=O)[C@H]3COc4ccccc4O3)nc2c1C. The average Bonchev–Trinajstić information content (AvgIpc) is 3.15. The standard InChI is InChI=1S/C22H25N3O3S/c1-14-9-10-19-20(15(14)2)23-22(29-19)25(12-11-24(3)4)21(26)18-13-27-16-7-5-6-8-17(16)28-18/h5-10,18H,11-13H2,1-4H3/p+1/t18-/m1/s1. The Labute approximate surface area is 174 Å². The molecule has 152 valence electrons. The zero-order valence-electron chi connectivity index (χ0n) is 17.2. The van der Waals surface area contributed by atoms with Crippen LogP contribution in [0.15, 0.2) is 36.4 Å². The number of hydrogen-bond donors (Lipinski definition) is 1. The van der Waals surface area contributed by atoms with E-state index < -0.39 is 6.10 Å². The third-order valence-corrected chi connectivity index (χ3v) is 6.23. The van der Waals surface area contributed by atoms with Crippen LogP contribution < -0.4 is 19.3 Å². The Bertz CT molecular complexity index is 1050. The number of nitrogens with one attached hydrogen (secondary N) is 1. The van der Waals surface area contributed by atoms with E-state index in [1.165, 1.54) is 10.5 Å². The van der Waals surface area contributed by atoms with Crippen molar-refractivity contribution in [1.29, 1.82) is 0 Å². The van der Waals surface area contributed by atoms with Gasteiger partial charge in [-0.3, -0.25) is 9.69 Å². The normalized spacial score (nSPS) is 15.7. The number of anilines is 1. The number of hydrogen-bond acceptors (Lipinski definition) is 5. The van der Waals surface area contributed by atoms with Crippen molar-refractivity contribution >= 4 is 32.6 Å². The fraction of sp³-hybridized carbons (Fsp3) is 0.364. The summed E-state index contributed by atoms with van der Waals surface area (Å²) in [5.74, 6) is 1.16. The summed E-state index contributed by atoms with van der Waals surface area (Å²) in [6, 6.07) is 11.6. The summed E-state index contributed by atoms with van der Waals surface area (Å²) in [5, 5.41) is 0.711. The van der Waals surface area contributed by atoms with Gasteiger partial charge in [-0.2, -0.15) is 0 Å². The van der Waals surface area contributed by atoms with E-state index >= 15 is 0 Å². The number of amides is 1. The van der Waals surface area contributed by atoms with Crippen molar-refractivity contribution in [3.8, 4) is 11.5 Å². The van der Waals surface area contributed by atoms with E-state index in [0.29, 0.717) is 23.2 Å². The van der Waals surface area contributed by atoms with Crippen molar-refractivity contribution in [2.45, 2.75) is 20.0 Å². The molecule has 1 atom stereocenters. The number of thiazole rings is 1. The summed E-state index contributed by atoms with van der Waals surface area (Å²) in [7, 11) is 4.15. The highest BCUT2D eigenvalue weighted by Crippen LogP contribution is 2.34. The van der Waals surface area contributed by atoms with E-state index in [0.717, 1.165) is 22.3 Å². The molecule has 6 nitrogen and oxygen atoms in total. The van der Waals surface area contributed by atoms with Gasteiger partial charge in [-0.1, -0.05) is 29.5 Å². The second-order valence-electron chi connectivity index (χ2n) is 7.66. The van der Waals surface area contributed by atoms with Crippen LogP contribution in [0.4, 0.5) is 5.13 Å². The van der Waals surface area contributed by atoms with Crippen LogP contribution in [0.2, 0.25) is 0 Å². The van der Waals surface area contributed by atoms with E-state index in [-0.39, 0.29) is 12.5 Å². The molecule has 1 N–H and O–H groups in total. The molecule has 3 aromatic rings. The summed E-state index contributed by atoms with van der Waals surface area (Å²) in [4.78, 5) is 21.3. The second kappa shape index (κ2) is 8.00. The van der Waals surface area contributed by atoms with Gasteiger partial charge in [-0.15, -0.1) is 0 Å². The summed E-state index contributed by atoms with van der Waals surface area (Å²) >= 11 is 1.55. The lowest BCUT2D eigenvalue weighted by Gasteiger charge is -2.29. The number of nitrogens with zero attached hydrogens (tertiary/aromatic N) is 2. The maximum Gasteiger partial charge on any atom is 0.273 e. The average molecular weight is 413 g/mol. The molecular formula is C22H26N3O3S+. The number of likely N-dealkylation sites (N-methyl/N-ethyl adjacent to an activating group) is 1. The molecule has 0 fully saturated rings. The first kappa shape index (κ1) is 19.7. The highest BCUT2D eigenvalue weighted by molar-refractivity contribution is 7.22. The van der Waals surface area contributed by atoms with E-state index in [1.54, 1.807) is 16.2 Å². The maximum atomic E-state index is 13.4. The Morgan fingerprint density at radius 1 is 1.21 bits per heavy atom. The van der Waals surface area contributed by atoms with Crippen LogP contribution >= 0.6 is 11.3 Å². The van der Waals surface area contributed by atoms with Crippen molar-refractivity contribution < 1.29 is 19.2 Å². The van der Waals surface area contributed by atoms with Crippen LogP contribution in [-0.2, 0) is 4.79 Å². The molecule has 0 saturated heterocycles. The monoisotopic (exact) mass is 412 g/mol. The van der Waals surface area contributed by atoms with Crippen LogP contribution in [0, 0.1) is 13.8 Å². The number of fused-ring (bicyclic) bond motifs is 2. The first-order valence-electron chi connectivity index (χ1n) is 9.79. The lowest BCUT2D eigenvalue weighted by atomic mass is 10.1. The number of carbonyl (C=O) groups is 1. The summed E-state index contributed by atoms with van der Waals surface area (Å²) in [6.45, 7) is 5.73. The molecule has 7 heteroatoms. The Morgan fingerprint density at radius 3 is 2.72 bits per heavy atom. The smallest absolute Gasteiger partial charge is 0.273 e. The molecule has 0 spiro atoms. The quantitative estimate of drug-likeness (QED) is 0.698. The molecule has 2 heterocycles. The molecule has 0 bridgehead atoms. The molecule has 0 aliphatic carbocycles.